The monoisotopic (exact) mass is 115 g/mol. The minimum absolute atomic E-state index is 0.269. The van der Waals surface area contributed by atoms with Crippen LogP contribution in [-0.2, 0) is 9.53 Å². The van der Waals surface area contributed by atoms with E-state index in [2.05, 4.69) is 9.73 Å². The first-order valence-corrected chi connectivity index (χ1v) is 2.17. The highest BCUT2D eigenvalue weighted by atomic mass is 16.5. The number of cyclic esters (lactones) is 1. The zero-order chi connectivity index (χ0) is 5.98. The Morgan fingerprint density at radius 1 is 2.00 bits per heavy atom. The van der Waals surface area contributed by atoms with Gasteiger partial charge in [-0.15, -0.1) is 0 Å². The van der Waals surface area contributed by atoms with Crippen LogP contribution in [-0.4, -0.2) is 30.1 Å². The molecule has 1 N–H and O–H groups in total. The number of carbonyl (C=O) groups is 1. The van der Waals surface area contributed by atoms with Gasteiger partial charge in [-0.3, -0.25) is 0 Å². The van der Waals surface area contributed by atoms with Gasteiger partial charge in [0, 0.05) is 0 Å². The van der Waals surface area contributed by atoms with Gasteiger partial charge in [-0.2, -0.15) is 0 Å². The van der Waals surface area contributed by atoms with Gasteiger partial charge in [-0.05, 0) is 0 Å². The van der Waals surface area contributed by atoms with E-state index >= 15 is 0 Å². The van der Waals surface area contributed by atoms with E-state index in [0.717, 1.165) is 6.40 Å². The summed E-state index contributed by atoms with van der Waals surface area (Å²) in [6, 6.07) is -0.671. The van der Waals surface area contributed by atoms with Crippen molar-refractivity contribution in [1.29, 1.82) is 0 Å². The number of ether oxygens (including phenoxy) is 1. The molecule has 1 aliphatic rings. The van der Waals surface area contributed by atoms with Gasteiger partial charge >= 0.3 is 5.97 Å². The van der Waals surface area contributed by atoms with E-state index in [0.29, 0.717) is 0 Å². The van der Waals surface area contributed by atoms with Gasteiger partial charge in [0.2, 0.25) is 0 Å². The molecule has 44 valence electrons. The maximum Gasteiger partial charge on any atom is 0.339 e. The molecule has 0 aliphatic carbocycles. The third-order valence-corrected chi connectivity index (χ3v) is 0.855. The molecule has 0 amide bonds. The first kappa shape index (κ1) is 5.24. The Labute approximate surface area is 45.8 Å². The summed E-state index contributed by atoms with van der Waals surface area (Å²) in [6.07, 6.45) is 1.04. The minimum Gasteiger partial charge on any atom is -0.413 e. The van der Waals surface area contributed by atoms with E-state index < -0.39 is 12.0 Å². The molecule has 0 radical (unpaired) electrons. The highest BCUT2D eigenvalue weighted by Crippen LogP contribution is 1.98. The second kappa shape index (κ2) is 1.92. The van der Waals surface area contributed by atoms with Crippen LogP contribution in [0.2, 0.25) is 0 Å². The molecule has 1 atom stereocenters. The third kappa shape index (κ3) is 0.696. The van der Waals surface area contributed by atoms with E-state index in [9.17, 15) is 4.79 Å². The summed E-state index contributed by atoms with van der Waals surface area (Å²) in [5.74, 6) is -0.479. The Bertz CT molecular complexity index is 131. The maximum absolute atomic E-state index is 10.3. The Balaban J connectivity index is 2.53. The first-order valence-electron chi connectivity index (χ1n) is 2.17. The first-order chi connectivity index (χ1) is 3.84. The van der Waals surface area contributed by atoms with Crippen molar-refractivity contribution in [2.24, 2.45) is 4.99 Å². The molecule has 1 unspecified atom stereocenters. The molecule has 4 heteroatoms. The zero-order valence-electron chi connectivity index (χ0n) is 4.07. The normalized spacial score (nSPS) is 26.1. The molecular formula is C4H5NO3. The fourth-order valence-electron chi connectivity index (χ4n) is 0.417. The van der Waals surface area contributed by atoms with Crippen molar-refractivity contribution in [3.05, 3.63) is 0 Å². The van der Waals surface area contributed by atoms with Crippen LogP contribution in [0.3, 0.4) is 0 Å². The Hall–Kier alpha value is -0.900. The average Bonchev–Trinajstić information content (AvgIpc) is 2.14. The second-order valence-electron chi connectivity index (χ2n) is 1.39. The lowest BCUT2D eigenvalue weighted by atomic mass is 10.3. The summed E-state index contributed by atoms with van der Waals surface area (Å²) < 4.78 is 4.27. The number of aliphatic imine (C=N–C) groups is 1. The molecule has 0 aromatic rings. The standard InChI is InChI=1S/C4H5NO3/c6-1-3-4(7)8-2-5-3/h2-3,6H,1H2. The van der Waals surface area contributed by atoms with E-state index in [1.807, 2.05) is 0 Å². The molecule has 0 aromatic carbocycles. The number of hydrogen-bond acceptors (Lipinski definition) is 4. The molecule has 0 aromatic heterocycles. The number of aliphatic hydroxyl groups excluding tert-OH is 1. The Morgan fingerprint density at radius 2 is 2.75 bits per heavy atom. The van der Waals surface area contributed by atoms with Gasteiger partial charge in [0.15, 0.2) is 12.4 Å². The van der Waals surface area contributed by atoms with Gasteiger partial charge < -0.3 is 9.84 Å². The molecule has 1 heterocycles. The summed E-state index contributed by atoms with van der Waals surface area (Å²) in [7, 11) is 0. The molecule has 0 fully saturated rings. The SMILES string of the molecule is O=C1OC=NC1CO. The highest BCUT2D eigenvalue weighted by molar-refractivity contribution is 5.87. The topological polar surface area (TPSA) is 58.9 Å². The number of aliphatic hydroxyl groups is 1. The van der Waals surface area contributed by atoms with E-state index in [-0.39, 0.29) is 6.61 Å². The van der Waals surface area contributed by atoms with Gasteiger partial charge in [-0.1, -0.05) is 0 Å². The molecule has 0 bridgehead atoms. The van der Waals surface area contributed by atoms with Gasteiger partial charge in [-0.25, -0.2) is 9.79 Å². The fourth-order valence-corrected chi connectivity index (χ4v) is 0.417. The van der Waals surface area contributed by atoms with Crippen molar-refractivity contribution >= 4 is 12.4 Å². The number of nitrogens with zero attached hydrogens (tertiary/aromatic N) is 1. The fraction of sp³-hybridized carbons (Fsp3) is 0.500. The maximum atomic E-state index is 10.3. The molecule has 0 spiro atoms. The van der Waals surface area contributed by atoms with Crippen molar-refractivity contribution in [3.8, 4) is 0 Å². The molecule has 8 heavy (non-hydrogen) atoms. The number of rotatable bonds is 1. The molecule has 0 saturated heterocycles. The van der Waals surface area contributed by atoms with Crippen LogP contribution < -0.4 is 0 Å². The summed E-state index contributed by atoms with van der Waals surface area (Å²) in [6.45, 7) is -0.269. The summed E-state index contributed by atoms with van der Waals surface area (Å²) in [5.41, 5.74) is 0. The largest absolute Gasteiger partial charge is 0.413 e. The van der Waals surface area contributed by atoms with Gasteiger partial charge in [0.1, 0.15) is 0 Å². The van der Waals surface area contributed by atoms with Gasteiger partial charge in [0.25, 0.3) is 0 Å². The summed E-state index contributed by atoms with van der Waals surface area (Å²) in [4.78, 5) is 13.8. The van der Waals surface area contributed by atoms with Crippen LogP contribution in [0.5, 0.6) is 0 Å². The van der Waals surface area contributed by atoms with Crippen LogP contribution in [0.4, 0.5) is 0 Å². The van der Waals surface area contributed by atoms with Gasteiger partial charge in [0.05, 0.1) is 6.61 Å². The van der Waals surface area contributed by atoms with Crippen molar-refractivity contribution in [3.63, 3.8) is 0 Å². The predicted octanol–water partition coefficient (Wildman–Crippen LogP) is -1.07. The van der Waals surface area contributed by atoms with Crippen molar-refractivity contribution in [1.82, 2.24) is 0 Å². The highest BCUT2D eigenvalue weighted by Gasteiger charge is 2.21. The summed E-state index contributed by atoms with van der Waals surface area (Å²) >= 11 is 0. The number of hydrogen-bond donors (Lipinski definition) is 1. The Kier molecular flexibility index (Phi) is 1.26. The minimum atomic E-state index is -0.671. The van der Waals surface area contributed by atoms with Crippen molar-refractivity contribution in [2.45, 2.75) is 6.04 Å². The van der Waals surface area contributed by atoms with Crippen LogP contribution in [0.15, 0.2) is 4.99 Å². The van der Waals surface area contributed by atoms with Crippen molar-refractivity contribution < 1.29 is 14.6 Å². The predicted molar refractivity (Wildman–Crippen MR) is 25.5 cm³/mol. The molecule has 1 aliphatic heterocycles. The number of carbonyl (C=O) groups excluding carboxylic acids is 1. The summed E-state index contributed by atoms with van der Waals surface area (Å²) in [5, 5.41) is 8.32. The number of esters is 1. The lowest BCUT2D eigenvalue weighted by Crippen LogP contribution is -2.18. The Morgan fingerprint density at radius 3 is 3.00 bits per heavy atom. The smallest absolute Gasteiger partial charge is 0.339 e. The van der Waals surface area contributed by atoms with E-state index in [4.69, 9.17) is 5.11 Å². The molecular weight excluding hydrogens is 110 g/mol. The lowest BCUT2D eigenvalue weighted by Gasteiger charge is -1.93. The zero-order valence-corrected chi connectivity index (χ0v) is 4.07. The lowest BCUT2D eigenvalue weighted by molar-refractivity contribution is -0.135. The van der Waals surface area contributed by atoms with Crippen LogP contribution >= 0.6 is 0 Å². The molecule has 4 nitrogen and oxygen atoms in total. The van der Waals surface area contributed by atoms with Crippen LogP contribution in [0, 0.1) is 0 Å². The van der Waals surface area contributed by atoms with Crippen LogP contribution in [0.25, 0.3) is 0 Å². The third-order valence-electron chi connectivity index (χ3n) is 0.855. The van der Waals surface area contributed by atoms with E-state index in [1.54, 1.807) is 0 Å². The molecule has 1 rings (SSSR count). The average molecular weight is 115 g/mol. The second-order valence-corrected chi connectivity index (χ2v) is 1.39. The molecule has 0 saturated carbocycles. The van der Waals surface area contributed by atoms with E-state index in [1.165, 1.54) is 0 Å². The quantitative estimate of drug-likeness (QED) is 0.443. The van der Waals surface area contributed by atoms with Crippen LogP contribution in [0.1, 0.15) is 0 Å². The van der Waals surface area contributed by atoms with Crippen molar-refractivity contribution in [2.75, 3.05) is 6.61 Å².